The molecule has 1 N–H and O–H groups in total. The van der Waals surface area contributed by atoms with E-state index in [1.165, 1.54) is 0 Å². The van der Waals surface area contributed by atoms with Crippen molar-refractivity contribution in [1.29, 1.82) is 0 Å². The zero-order valence-electron chi connectivity index (χ0n) is 13.9. The SMILES string of the molecule is Cc1cc(-c2nc3ncccc3o2)ccc1NC(=O)c1ccccc1I. The van der Waals surface area contributed by atoms with Gasteiger partial charge in [-0.1, -0.05) is 12.1 Å². The number of nitrogens with zero attached hydrogens (tertiary/aromatic N) is 2. The standard InChI is InChI=1S/C20H14IN3O2/c1-12-11-13(20-24-18-17(26-20)7-4-10-22-18)8-9-16(12)23-19(25)14-5-2-3-6-15(14)21/h2-11H,1H3,(H,23,25). The highest BCUT2D eigenvalue weighted by Crippen LogP contribution is 2.27. The Kier molecular flexibility index (Phi) is 4.42. The van der Waals surface area contributed by atoms with Crippen LogP contribution in [-0.4, -0.2) is 15.9 Å². The second kappa shape index (κ2) is 6.87. The number of rotatable bonds is 3. The zero-order valence-corrected chi connectivity index (χ0v) is 16.0. The molecule has 0 aliphatic carbocycles. The van der Waals surface area contributed by atoms with Crippen molar-refractivity contribution in [1.82, 2.24) is 9.97 Å². The van der Waals surface area contributed by atoms with Gasteiger partial charge in [0.05, 0.1) is 5.56 Å². The second-order valence-electron chi connectivity index (χ2n) is 5.81. The van der Waals surface area contributed by atoms with E-state index in [-0.39, 0.29) is 5.91 Å². The number of aromatic nitrogens is 2. The Morgan fingerprint density at radius 3 is 2.73 bits per heavy atom. The number of nitrogens with one attached hydrogen (secondary N) is 1. The number of hydrogen-bond acceptors (Lipinski definition) is 4. The van der Waals surface area contributed by atoms with Crippen LogP contribution in [-0.2, 0) is 0 Å². The van der Waals surface area contributed by atoms with Crippen LogP contribution in [0.4, 0.5) is 5.69 Å². The van der Waals surface area contributed by atoms with E-state index >= 15 is 0 Å². The fourth-order valence-corrected chi connectivity index (χ4v) is 3.30. The molecule has 0 atom stereocenters. The average Bonchev–Trinajstić information content (AvgIpc) is 3.08. The number of pyridine rings is 1. The summed E-state index contributed by atoms with van der Waals surface area (Å²) in [6.45, 7) is 1.94. The number of aryl methyl sites for hydroxylation is 1. The topological polar surface area (TPSA) is 68.0 Å². The Morgan fingerprint density at radius 2 is 1.96 bits per heavy atom. The molecule has 0 spiro atoms. The molecule has 0 unspecified atom stereocenters. The molecule has 0 aliphatic heterocycles. The third-order valence-electron chi connectivity index (χ3n) is 4.00. The molecular weight excluding hydrogens is 441 g/mol. The van der Waals surface area contributed by atoms with Crippen LogP contribution in [0, 0.1) is 10.5 Å². The number of carbonyl (C=O) groups excluding carboxylic acids is 1. The Labute approximate surface area is 163 Å². The molecule has 0 fully saturated rings. The van der Waals surface area contributed by atoms with Crippen LogP contribution in [0.3, 0.4) is 0 Å². The highest BCUT2D eigenvalue weighted by molar-refractivity contribution is 14.1. The van der Waals surface area contributed by atoms with Crippen molar-refractivity contribution in [2.24, 2.45) is 0 Å². The first-order chi connectivity index (χ1) is 12.6. The lowest BCUT2D eigenvalue weighted by molar-refractivity contribution is 0.102. The minimum absolute atomic E-state index is 0.128. The maximum absolute atomic E-state index is 12.5. The lowest BCUT2D eigenvalue weighted by atomic mass is 10.1. The van der Waals surface area contributed by atoms with E-state index in [9.17, 15) is 4.79 Å². The highest BCUT2D eigenvalue weighted by atomic mass is 127. The summed E-state index contributed by atoms with van der Waals surface area (Å²) in [4.78, 5) is 21.1. The first-order valence-corrected chi connectivity index (χ1v) is 9.08. The Morgan fingerprint density at radius 1 is 1.12 bits per heavy atom. The molecule has 26 heavy (non-hydrogen) atoms. The summed E-state index contributed by atoms with van der Waals surface area (Å²) in [7, 11) is 0. The minimum atomic E-state index is -0.128. The molecule has 2 aromatic heterocycles. The number of fused-ring (bicyclic) bond motifs is 1. The van der Waals surface area contributed by atoms with Gasteiger partial charge >= 0.3 is 0 Å². The van der Waals surface area contributed by atoms with Gasteiger partial charge in [-0.05, 0) is 77.5 Å². The first-order valence-electron chi connectivity index (χ1n) is 8.00. The lowest BCUT2D eigenvalue weighted by Crippen LogP contribution is -2.14. The van der Waals surface area contributed by atoms with Crippen molar-refractivity contribution in [2.45, 2.75) is 6.92 Å². The highest BCUT2D eigenvalue weighted by Gasteiger charge is 2.13. The smallest absolute Gasteiger partial charge is 0.256 e. The van der Waals surface area contributed by atoms with Crippen LogP contribution in [0.1, 0.15) is 15.9 Å². The van der Waals surface area contributed by atoms with Gasteiger partial charge in [0.25, 0.3) is 5.91 Å². The number of hydrogen-bond donors (Lipinski definition) is 1. The summed E-state index contributed by atoms with van der Waals surface area (Å²) >= 11 is 2.16. The summed E-state index contributed by atoms with van der Waals surface area (Å²) in [5.74, 6) is 0.384. The Bertz CT molecular complexity index is 1090. The maximum atomic E-state index is 12.5. The van der Waals surface area contributed by atoms with Gasteiger partial charge < -0.3 is 9.73 Å². The van der Waals surface area contributed by atoms with Crippen LogP contribution in [0.5, 0.6) is 0 Å². The molecule has 0 radical (unpaired) electrons. The number of benzene rings is 2. The molecule has 128 valence electrons. The monoisotopic (exact) mass is 455 g/mol. The largest absolute Gasteiger partial charge is 0.434 e. The van der Waals surface area contributed by atoms with E-state index in [1.807, 2.05) is 61.5 Å². The summed E-state index contributed by atoms with van der Waals surface area (Å²) in [6.07, 6.45) is 1.68. The van der Waals surface area contributed by atoms with E-state index in [1.54, 1.807) is 6.20 Å². The molecular formula is C20H14IN3O2. The molecule has 0 saturated heterocycles. The van der Waals surface area contributed by atoms with Gasteiger partial charge in [0.15, 0.2) is 11.2 Å². The fraction of sp³-hybridized carbons (Fsp3) is 0.0500. The van der Waals surface area contributed by atoms with Crippen molar-refractivity contribution in [3.8, 4) is 11.5 Å². The van der Waals surface area contributed by atoms with Crippen molar-refractivity contribution in [3.63, 3.8) is 0 Å². The molecule has 2 heterocycles. The summed E-state index contributed by atoms with van der Waals surface area (Å²) < 4.78 is 6.67. The zero-order chi connectivity index (χ0) is 18.1. The predicted octanol–water partition coefficient (Wildman–Crippen LogP) is 5.06. The van der Waals surface area contributed by atoms with E-state index in [4.69, 9.17) is 4.42 Å². The Balaban J connectivity index is 1.62. The minimum Gasteiger partial charge on any atom is -0.434 e. The van der Waals surface area contributed by atoms with Gasteiger partial charge in [0, 0.05) is 21.0 Å². The van der Waals surface area contributed by atoms with Crippen LogP contribution >= 0.6 is 22.6 Å². The van der Waals surface area contributed by atoms with Gasteiger partial charge in [-0.3, -0.25) is 4.79 Å². The van der Waals surface area contributed by atoms with E-state index in [0.29, 0.717) is 22.7 Å². The van der Waals surface area contributed by atoms with E-state index in [2.05, 4.69) is 37.9 Å². The second-order valence-corrected chi connectivity index (χ2v) is 6.97. The van der Waals surface area contributed by atoms with Gasteiger partial charge in [-0.2, -0.15) is 4.98 Å². The molecule has 5 nitrogen and oxygen atoms in total. The molecule has 2 aromatic carbocycles. The molecule has 6 heteroatoms. The first kappa shape index (κ1) is 16.7. The van der Waals surface area contributed by atoms with Crippen molar-refractivity contribution in [3.05, 3.63) is 75.5 Å². The lowest BCUT2D eigenvalue weighted by Gasteiger charge is -2.10. The molecule has 0 bridgehead atoms. The normalized spacial score (nSPS) is 10.8. The molecule has 1 amide bonds. The van der Waals surface area contributed by atoms with E-state index < -0.39 is 0 Å². The number of carbonyl (C=O) groups is 1. The third-order valence-corrected chi connectivity index (χ3v) is 4.95. The fourth-order valence-electron chi connectivity index (χ4n) is 2.66. The summed E-state index contributed by atoms with van der Waals surface area (Å²) in [6, 6.07) is 16.8. The number of amides is 1. The Hall–Kier alpha value is -2.74. The summed E-state index contributed by atoms with van der Waals surface area (Å²) in [5.41, 5.74) is 4.41. The van der Waals surface area contributed by atoms with Crippen molar-refractivity contribution in [2.75, 3.05) is 5.32 Å². The van der Waals surface area contributed by atoms with E-state index in [0.717, 1.165) is 20.4 Å². The number of oxazole rings is 1. The maximum Gasteiger partial charge on any atom is 0.256 e. The van der Waals surface area contributed by atoms with Crippen molar-refractivity contribution < 1.29 is 9.21 Å². The van der Waals surface area contributed by atoms with Gasteiger partial charge in [-0.25, -0.2) is 4.98 Å². The predicted molar refractivity (Wildman–Crippen MR) is 109 cm³/mol. The summed E-state index contributed by atoms with van der Waals surface area (Å²) in [5, 5.41) is 2.97. The van der Waals surface area contributed by atoms with Gasteiger partial charge in [-0.15, -0.1) is 0 Å². The average molecular weight is 455 g/mol. The number of anilines is 1. The van der Waals surface area contributed by atoms with Gasteiger partial charge in [0.1, 0.15) is 0 Å². The molecule has 4 rings (SSSR count). The van der Waals surface area contributed by atoms with Crippen LogP contribution in [0.25, 0.3) is 22.7 Å². The third kappa shape index (κ3) is 3.20. The molecule has 0 saturated carbocycles. The van der Waals surface area contributed by atoms with Crippen LogP contribution in [0.15, 0.2) is 65.2 Å². The van der Waals surface area contributed by atoms with Crippen LogP contribution in [0.2, 0.25) is 0 Å². The molecule has 0 aliphatic rings. The quantitative estimate of drug-likeness (QED) is 0.439. The van der Waals surface area contributed by atoms with Gasteiger partial charge in [0.2, 0.25) is 5.89 Å². The molecule has 4 aromatic rings. The number of halogens is 1. The van der Waals surface area contributed by atoms with Crippen LogP contribution < -0.4 is 5.32 Å². The van der Waals surface area contributed by atoms with Crippen molar-refractivity contribution >= 4 is 45.4 Å².